The summed E-state index contributed by atoms with van der Waals surface area (Å²) in [5.74, 6) is 0.822. The Hall–Kier alpha value is -2.29. The van der Waals surface area contributed by atoms with Gasteiger partial charge in [-0.15, -0.1) is 0 Å². The number of hydrogen-bond donors (Lipinski definition) is 1. The quantitative estimate of drug-likeness (QED) is 0.644. The van der Waals surface area contributed by atoms with E-state index in [4.69, 9.17) is 4.98 Å². The monoisotopic (exact) mass is 303 g/mol. The second kappa shape index (κ2) is 4.60. The van der Waals surface area contributed by atoms with Crippen LogP contribution in [0.3, 0.4) is 0 Å². The van der Waals surface area contributed by atoms with Crippen LogP contribution in [0.5, 0.6) is 0 Å². The van der Waals surface area contributed by atoms with Gasteiger partial charge in [0.05, 0.1) is 16.9 Å². The van der Waals surface area contributed by atoms with Gasteiger partial charge < -0.3 is 9.72 Å². The molecule has 0 saturated heterocycles. The van der Waals surface area contributed by atoms with Gasteiger partial charge in [-0.25, -0.2) is 4.98 Å². The number of nitrogens with one attached hydrogen (secondary N) is 1. The van der Waals surface area contributed by atoms with Gasteiger partial charge in [-0.3, -0.25) is 0 Å². The summed E-state index contributed by atoms with van der Waals surface area (Å²) in [6.45, 7) is 2.37. The highest BCUT2D eigenvalue weighted by Crippen LogP contribution is 2.50. The lowest BCUT2D eigenvalue weighted by Crippen LogP contribution is -2.42. The van der Waals surface area contributed by atoms with Crippen LogP contribution in [0.25, 0.3) is 16.9 Å². The number of benzene rings is 1. The Bertz CT molecular complexity index is 885. The fourth-order valence-electron chi connectivity index (χ4n) is 4.37. The van der Waals surface area contributed by atoms with Crippen molar-refractivity contribution in [2.45, 2.75) is 38.1 Å². The molecule has 1 spiro atoms. The number of para-hydroxylation sites is 1. The summed E-state index contributed by atoms with van der Waals surface area (Å²) in [4.78, 5) is 4.99. The molecule has 0 unspecified atom stereocenters. The number of rotatable bonds is 0. The average Bonchev–Trinajstić information content (AvgIpc) is 2.98. The van der Waals surface area contributed by atoms with E-state index >= 15 is 0 Å². The summed E-state index contributed by atoms with van der Waals surface area (Å²) in [7, 11) is 0. The molecular formula is C20H21N3. The van der Waals surface area contributed by atoms with Gasteiger partial charge in [-0.05, 0) is 49.8 Å². The van der Waals surface area contributed by atoms with Crippen molar-refractivity contribution in [1.82, 2.24) is 9.38 Å². The lowest BCUT2D eigenvalue weighted by atomic mass is 9.72. The van der Waals surface area contributed by atoms with Crippen molar-refractivity contribution in [3.8, 4) is 11.3 Å². The van der Waals surface area contributed by atoms with E-state index in [1.807, 2.05) is 0 Å². The second-order valence-electron chi connectivity index (χ2n) is 7.17. The topological polar surface area (TPSA) is 29.3 Å². The molecule has 0 amide bonds. The smallest absolute Gasteiger partial charge is 0.137 e. The van der Waals surface area contributed by atoms with Crippen molar-refractivity contribution in [2.24, 2.45) is 5.92 Å². The maximum atomic E-state index is 4.99. The highest BCUT2D eigenvalue weighted by atomic mass is 15.1. The molecular weight excluding hydrogens is 282 g/mol. The van der Waals surface area contributed by atoms with Gasteiger partial charge in [0.1, 0.15) is 5.65 Å². The Morgan fingerprint density at radius 1 is 1.09 bits per heavy atom. The maximum Gasteiger partial charge on any atom is 0.137 e. The second-order valence-corrected chi connectivity index (χ2v) is 7.17. The SMILES string of the molecule is CC1CCC2(CC1)Nc1ccccc1-c1nc3ccccn3c12. The molecule has 1 fully saturated rings. The molecule has 2 aromatic heterocycles. The number of anilines is 1. The van der Waals surface area contributed by atoms with Crippen LogP contribution < -0.4 is 5.32 Å². The summed E-state index contributed by atoms with van der Waals surface area (Å²) in [5, 5.41) is 3.91. The molecule has 3 heterocycles. The number of fused-ring (bicyclic) bond motifs is 6. The van der Waals surface area contributed by atoms with Crippen molar-refractivity contribution in [3.63, 3.8) is 0 Å². The van der Waals surface area contributed by atoms with Gasteiger partial charge in [-0.2, -0.15) is 0 Å². The predicted molar refractivity (Wildman–Crippen MR) is 93.6 cm³/mol. The molecule has 1 saturated carbocycles. The minimum absolute atomic E-state index is 0.0248. The van der Waals surface area contributed by atoms with Crippen molar-refractivity contribution < 1.29 is 0 Å². The number of nitrogens with zero attached hydrogens (tertiary/aromatic N) is 2. The number of aromatic nitrogens is 2. The molecule has 5 rings (SSSR count). The standard InChI is InChI=1S/C20H21N3/c1-14-9-11-20(12-10-14)19-18(15-6-2-3-7-16(15)22-20)21-17-8-4-5-13-23(17)19/h2-8,13-14,22H,9-12H2,1H3. The zero-order chi connectivity index (χ0) is 15.4. The van der Waals surface area contributed by atoms with E-state index in [1.54, 1.807) is 0 Å². The Kier molecular flexibility index (Phi) is 2.64. The average molecular weight is 303 g/mol. The molecule has 0 atom stereocenters. The van der Waals surface area contributed by atoms with Crippen LogP contribution in [0, 0.1) is 5.92 Å². The Labute approximate surface area is 136 Å². The summed E-state index contributed by atoms with van der Waals surface area (Å²) >= 11 is 0. The van der Waals surface area contributed by atoms with Crippen LogP contribution >= 0.6 is 0 Å². The molecule has 1 N–H and O–H groups in total. The molecule has 0 radical (unpaired) electrons. The van der Waals surface area contributed by atoms with E-state index in [1.165, 1.54) is 48.3 Å². The third-order valence-corrected chi connectivity index (χ3v) is 5.67. The van der Waals surface area contributed by atoms with Crippen LogP contribution in [0.2, 0.25) is 0 Å². The van der Waals surface area contributed by atoms with Crippen molar-refractivity contribution in [2.75, 3.05) is 5.32 Å². The lowest BCUT2D eigenvalue weighted by Gasteiger charge is -2.44. The van der Waals surface area contributed by atoms with Crippen molar-refractivity contribution in [1.29, 1.82) is 0 Å². The lowest BCUT2D eigenvalue weighted by molar-refractivity contribution is 0.262. The molecule has 23 heavy (non-hydrogen) atoms. The Morgan fingerprint density at radius 2 is 1.87 bits per heavy atom. The van der Waals surface area contributed by atoms with Gasteiger partial charge in [0.2, 0.25) is 0 Å². The van der Waals surface area contributed by atoms with Crippen LogP contribution in [0.15, 0.2) is 48.7 Å². The number of pyridine rings is 1. The van der Waals surface area contributed by atoms with Gasteiger partial charge in [-0.1, -0.05) is 31.2 Å². The Morgan fingerprint density at radius 3 is 2.74 bits per heavy atom. The largest absolute Gasteiger partial charge is 0.373 e. The van der Waals surface area contributed by atoms with Crippen LogP contribution in [-0.2, 0) is 5.54 Å². The normalized spacial score (nSPS) is 25.9. The molecule has 1 aliphatic heterocycles. The third-order valence-electron chi connectivity index (χ3n) is 5.67. The van der Waals surface area contributed by atoms with Gasteiger partial charge in [0.15, 0.2) is 0 Å². The first-order valence-electron chi connectivity index (χ1n) is 8.62. The highest BCUT2D eigenvalue weighted by molar-refractivity contribution is 5.83. The highest BCUT2D eigenvalue weighted by Gasteiger charge is 2.43. The maximum absolute atomic E-state index is 4.99. The first-order chi connectivity index (χ1) is 11.3. The molecule has 0 bridgehead atoms. The van der Waals surface area contributed by atoms with Gasteiger partial charge >= 0.3 is 0 Å². The minimum Gasteiger partial charge on any atom is -0.373 e. The van der Waals surface area contributed by atoms with E-state index in [0.717, 1.165) is 11.6 Å². The molecule has 3 heteroatoms. The number of imidazole rings is 1. The summed E-state index contributed by atoms with van der Waals surface area (Å²) in [6.07, 6.45) is 7.07. The fraction of sp³-hybridized carbons (Fsp3) is 0.350. The van der Waals surface area contributed by atoms with E-state index < -0.39 is 0 Å². The fourth-order valence-corrected chi connectivity index (χ4v) is 4.37. The molecule has 2 aliphatic rings. The van der Waals surface area contributed by atoms with Crippen LogP contribution in [0.1, 0.15) is 38.3 Å². The zero-order valence-electron chi connectivity index (χ0n) is 13.4. The molecule has 3 nitrogen and oxygen atoms in total. The first-order valence-corrected chi connectivity index (χ1v) is 8.62. The van der Waals surface area contributed by atoms with Gasteiger partial charge in [0, 0.05) is 17.4 Å². The summed E-state index contributed by atoms with van der Waals surface area (Å²) < 4.78 is 2.30. The molecule has 3 aromatic rings. The van der Waals surface area contributed by atoms with Crippen molar-refractivity contribution >= 4 is 11.3 Å². The molecule has 1 aliphatic carbocycles. The van der Waals surface area contributed by atoms with Gasteiger partial charge in [0.25, 0.3) is 0 Å². The Balaban J connectivity index is 1.82. The molecule has 116 valence electrons. The predicted octanol–water partition coefficient (Wildman–Crippen LogP) is 4.83. The number of hydrogen-bond acceptors (Lipinski definition) is 2. The van der Waals surface area contributed by atoms with E-state index in [-0.39, 0.29) is 5.54 Å². The zero-order valence-corrected chi connectivity index (χ0v) is 13.4. The minimum atomic E-state index is 0.0248. The first kappa shape index (κ1) is 13.2. The summed E-state index contributed by atoms with van der Waals surface area (Å²) in [6, 6.07) is 14.9. The van der Waals surface area contributed by atoms with E-state index in [0.29, 0.717) is 0 Å². The molecule has 1 aromatic carbocycles. The summed E-state index contributed by atoms with van der Waals surface area (Å²) in [5.41, 5.74) is 6.07. The van der Waals surface area contributed by atoms with Crippen LogP contribution in [0.4, 0.5) is 5.69 Å². The van der Waals surface area contributed by atoms with Crippen LogP contribution in [-0.4, -0.2) is 9.38 Å². The van der Waals surface area contributed by atoms with E-state index in [9.17, 15) is 0 Å². The van der Waals surface area contributed by atoms with E-state index in [2.05, 4.69) is 65.3 Å². The third kappa shape index (κ3) is 1.79. The van der Waals surface area contributed by atoms with Crippen molar-refractivity contribution in [3.05, 3.63) is 54.4 Å².